The molecule has 2 aromatic rings. The van der Waals surface area contributed by atoms with Crippen LogP contribution in [0, 0.1) is 5.82 Å². The van der Waals surface area contributed by atoms with E-state index in [1.165, 1.54) is 17.7 Å². The Bertz CT molecular complexity index is 554. The number of amides is 1. The molecule has 0 spiro atoms. The number of carbonyl (C=O) groups excluding carboxylic acids is 1. The molecule has 0 aliphatic carbocycles. The van der Waals surface area contributed by atoms with E-state index >= 15 is 0 Å². The lowest BCUT2D eigenvalue weighted by molar-refractivity contribution is -0.120. The zero-order valence-electron chi connectivity index (χ0n) is 11.3. The Balaban J connectivity index is 1.68. The highest BCUT2D eigenvalue weighted by molar-refractivity contribution is 5.78. The summed E-state index contributed by atoms with van der Waals surface area (Å²) in [6.07, 6.45) is 2.07. The molecule has 0 saturated heterocycles. The number of hydrogen-bond acceptors (Lipinski definition) is 1. The highest BCUT2D eigenvalue weighted by Crippen LogP contribution is 2.04. The largest absolute Gasteiger partial charge is 0.356 e. The summed E-state index contributed by atoms with van der Waals surface area (Å²) in [7, 11) is 0. The Morgan fingerprint density at radius 2 is 1.75 bits per heavy atom. The van der Waals surface area contributed by atoms with Crippen molar-refractivity contribution in [3.05, 3.63) is 71.5 Å². The van der Waals surface area contributed by atoms with E-state index in [1.807, 2.05) is 18.2 Å². The molecule has 0 fully saturated rings. The molecule has 20 heavy (non-hydrogen) atoms. The van der Waals surface area contributed by atoms with E-state index in [4.69, 9.17) is 0 Å². The lowest BCUT2D eigenvalue weighted by atomic mass is 10.1. The van der Waals surface area contributed by atoms with E-state index in [9.17, 15) is 9.18 Å². The van der Waals surface area contributed by atoms with Crippen molar-refractivity contribution < 1.29 is 9.18 Å². The van der Waals surface area contributed by atoms with Crippen LogP contribution in [-0.2, 0) is 17.6 Å². The second-order valence-electron chi connectivity index (χ2n) is 4.75. The molecule has 0 saturated carbocycles. The molecule has 3 heteroatoms. The third-order valence-corrected chi connectivity index (χ3v) is 3.06. The molecule has 1 N–H and O–H groups in total. The minimum Gasteiger partial charge on any atom is -0.356 e. The van der Waals surface area contributed by atoms with Gasteiger partial charge in [0, 0.05) is 6.54 Å². The predicted molar refractivity (Wildman–Crippen MR) is 77.9 cm³/mol. The maximum Gasteiger partial charge on any atom is 0.224 e. The SMILES string of the molecule is O=C(Cc1cccc(F)c1)NCCCc1ccccc1. The van der Waals surface area contributed by atoms with Crippen LogP contribution in [0.25, 0.3) is 0 Å². The number of benzene rings is 2. The molecule has 0 aliphatic heterocycles. The topological polar surface area (TPSA) is 29.1 Å². The van der Waals surface area contributed by atoms with Gasteiger partial charge < -0.3 is 5.32 Å². The fraction of sp³-hybridized carbons (Fsp3) is 0.235. The van der Waals surface area contributed by atoms with E-state index in [0.717, 1.165) is 12.8 Å². The molecule has 104 valence electrons. The highest BCUT2D eigenvalue weighted by Gasteiger charge is 2.03. The Morgan fingerprint density at radius 1 is 1.00 bits per heavy atom. The molecule has 0 unspecified atom stereocenters. The van der Waals surface area contributed by atoms with Gasteiger partial charge >= 0.3 is 0 Å². The van der Waals surface area contributed by atoms with Crippen LogP contribution >= 0.6 is 0 Å². The van der Waals surface area contributed by atoms with Gasteiger partial charge in [-0.25, -0.2) is 4.39 Å². The van der Waals surface area contributed by atoms with Crippen molar-refractivity contribution in [3.63, 3.8) is 0 Å². The smallest absolute Gasteiger partial charge is 0.224 e. The van der Waals surface area contributed by atoms with Crippen molar-refractivity contribution >= 4 is 5.91 Å². The third-order valence-electron chi connectivity index (χ3n) is 3.06. The first-order chi connectivity index (χ1) is 9.74. The van der Waals surface area contributed by atoms with Crippen molar-refractivity contribution in [2.45, 2.75) is 19.3 Å². The van der Waals surface area contributed by atoms with Crippen LogP contribution in [-0.4, -0.2) is 12.5 Å². The molecule has 0 heterocycles. The maximum atomic E-state index is 13.0. The fourth-order valence-electron chi connectivity index (χ4n) is 2.06. The molecular weight excluding hydrogens is 253 g/mol. The second-order valence-corrected chi connectivity index (χ2v) is 4.75. The second kappa shape index (κ2) is 7.43. The minimum absolute atomic E-state index is 0.0661. The molecule has 0 aromatic heterocycles. The van der Waals surface area contributed by atoms with Crippen molar-refractivity contribution in [2.75, 3.05) is 6.54 Å². The predicted octanol–water partition coefficient (Wildman–Crippen LogP) is 3.12. The molecule has 2 aromatic carbocycles. The Kier molecular flexibility index (Phi) is 5.30. The van der Waals surface area contributed by atoms with Crippen LogP contribution < -0.4 is 5.32 Å². The number of halogens is 1. The van der Waals surface area contributed by atoms with Crippen LogP contribution in [0.3, 0.4) is 0 Å². The van der Waals surface area contributed by atoms with E-state index in [1.54, 1.807) is 12.1 Å². The normalized spacial score (nSPS) is 10.2. The summed E-state index contributed by atoms with van der Waals surface area (Å²) in [6, 6.07) is 16.3. The lowest BCUT2D eigenvalue weighted by Crippen LogP contribution is -2.26. The number of aryl methyl sites for hydroxylation is 1. The van der Waals surface area contributed by atoms with E-state index < -0.39 is 0 Å². The monoisotopic (exact) mass is 271 g/mol. The average Bonchev–Trinajstić information content (AvgIpc) is 2.45. The van der Waals surface area contributed by atoms with Crippen molar-refractivity contribution in [1.29, 1.82) is 0 Å². The highest BCUT2D eigenvalue weighted by atomic mass is 19.1. The van der Waals surface area contributed by atoms with Crippen molar-refractivity contribution in [2.24, 2.45) is 0 Å². The molecule has 0 aliphatic rings. The lowest BCUT2D eigenvalue weighted by Gasteiger charge is -2.05. The molecule has 0 radical (unpaired) electrons. The van der Waals surface area contributed by atoms with Crippen LogP contribution in [0.2, 0.25) is 0 Å². The van der Waals surface area contributed by atoms with E-state index in [2.05, 4.69) is 17.4 Å². The molecule has 0 atom stereocenters. The standard InChI is InChI=1S/C17H18FNO/c18-16-10-4-8-15(12-16)13-17(20)19-11-5-9-14-6-2-1-3-7-14/h1-4,6-8,10,12H,5,9,11,13H2,(H,19,20). The number of carbonyl (C=O) groups is 1. The van der Waals surface area contributed by atoms with Crippen LogP contribution in [0.15, 0.2) is 54.6 Å². The molecule has 2 rings (SSSR count). The Hall–Kier alpha value is -2.16. The Morgan fingerprint density at radius 3 is 2.50 bits per heavy atom. The summed E-state index contributed by atoms with van der Waals surface area (Å²) in [5.74, 6) is -0.372. The van der Waals surface area contributed by atoms with E-state index in [0.29, 0.717) is 12.1 Å². The van der Waals surface area contributed by atoms with E-state index in [-0.39, 0.29) is 18.1 Å². The van der Waals surface area contributed by atoms with Gasteiger partial charge in [0.05, 0.1) is 6.42 Å². The summed E-state index contributed by atoms with van der Waals surface area (Å²) >= 11 is 0. The van der Waals surface area contributed by atoms with Gasteiger partial charge in [0.2, 0.25) is 5.91 Å². The number of hydrogen-bond donors (Lipinski definition) is 1. The Labute approximate surface area is 118 Å². The van der Waals surface area contributed by atoms with Gasteiger partial charge in [-0.1, -0.05) is 42.5 Å². The first kappa shape index (κ1) is 14.3. The maximum absolute atomic E-state index is 13.0. The average molecular weight is 271 g/mol. The summed E-state index contributed by atoms with van der Waals surface area (Å²) in [6.45, 7) is 0.642. The first-order valence-corrected chi connectivity index (χ1v) is 6.79. The van der Waals surface area contributed by atoms with Gasteiger partial charge in [0.25, 0.3) is 0 Å². The van der Waals surface area contributed by atoms with Gasteiger partial charge in [-0.3, -0.25) is 4.79 Å². The van der Waals surface area contributed by atoms with Gasteiger partial charge in [-0.15, -0.1) is 0 Å². The summed E-state index contributed by atoms with van der Waals surface area (Å²) in [5.41, 5.74) is 1.97. The van der Waals surface area contributed by atoms with Crippen LogP contribution in [0.1, 0.15) is 17.5 Å². The number of nitrogens with one attached hydrogen (secondary N) is 1. The third kappa shape index (κ3) is 4.84. The molecule has 1 amide bonds. The van der Waals surface area contributed by atoms with Gasteiger partial charge in [0.15, 0.2) is 0 Å². The number of rotatable bonds is 6. The summed E-state index contributed by atoms with van der Waals surface area (Å²) in [4.78, 5) is 11.7. The minimum atomic E-state index is -0.306. The van der Waals surface area contributed by atoms with Crippen LogP contribution in [0.5, 0.6) is 0 Å². The molecule has 0 bridgehead atoms. The van der Waals surface area contributed by atoms with Crippen LogP contribution in [0.4, 0.5) is 4.39 Å². The molecule has 2 nitrogen and oxygen atoms in total. The summed E-state index contributed by atoms with van der Waals surface area (Å²) in [5, 5.41) is 2.86. The molecular formula is C17H18FNO. The quantitative estimate of drug-likeness (QED) is 0.804. The van der Waals surface area contributed by atoms with Gasteiger partial charge in [-0.2, -0.15) is 0 Å². The van der Waals surface area contributed by atoms with Crippen molar-refractivity contribution in [3.8, 4) is 0 Å². The fourth-order valence-corrected chi connectivity index (χ4v) is 2.06. The zero-order valence-corrected chi connectivity index (χ0v) is 11.3. The summed E-state index contributed by atoms with van der Waals surface area (Å²) < 4.78 is 13.0. The first-order valence-electron chi connectivity index (χ1n) is 6.79. The van der Waals surface area contributed by atoms with Gasteiger partial charge in [-0.05, 0) is 36.1 Å². The van der Waals surface area contributed by atoms with Crippen molar-refractivity contribution in [1.82, 2.24) is 5.32 Å². The zero-order chi connectivity index (χ0) is 14.2. The van der Waals surface area contributed by atoms with Gasteiger partial charge in [0.1, 0.15) is 5.82 Å².